The Morgan fingerprint density at radius 3 is 2.59 bits per heavy atom. The van der Waals surface area contributed by atoms with Crippen LogP contribution in [-0.2, 0) is 6.42 Å². The summed E-state index contributed by atoms with van der Waals surface area (Å²) in [6.45, 7) is 10.4. The van der Waals surface area contributed by atoms with Crippen molar-refractivity contribution in [2.75, 3.05) is 36.0 Å². The van der Waals surface area contributed by atoms with Crippen LogP contribution in [0.15, 0.2) is 18.3 Å². The fraction of sp³-hybridized carbons (Fsp3) is 0.562. The number of rotatable bonds is 4. The fourth-order valence-electron chi connectivity index (χ4n) is 2.64. The van der Waals surface area contributed by atoms with Gasteiger partial charge in [-0.3, -0.25) is 0 Å². The lowest BCUT2D eigenvalue weighted by molar-refractivity contribution is 0.621. The van der Waals surface area contributed by atoms with Crippen molar-refractivity contribution >= 4 is 22.5 Å². The molecule has 2 aromatic rings. The third-order valence-corrected chi connectivity index (χ3v) is 4.64. The maximum Gasteiger partial charge on any atom is 0.205 e. The van der Waals surface area contributed by atoms with Crippen molar-refractivity contribution in [3.8, 4) is 0 Å². The van der Waals surface area contributed by atoms with Crippen molar-refractivity contribution in [3.63, 3.8) is 0 Å². The van der Waals surface area contributed by atoms with Crippen LogP contribution in [0.4, 0.5) is 10.9 Å². The predicted octanol–water partition coefficient (Wildman–Crippen LogP) is 2.77. The Hall–Kier alpha value is -1.69. The number of aryl methyl sites for hydroxylation is 1. The standard InChI is InChI=1S/C16H23N5S/c1-12(2)10-14-18-16(22-19-14)21-8-6-20(7-9-21)15-11-13(3)4-5-17-15/h4-5,11-12H,6-10H2,1-3H3. The first-order valence-electron chi connectivity index (χ1n) is 7.87. The van der Waals surface area contributed by atoms with Crippen LogP contribution in [-0.4, -0.2) is 40.5 Å². The molecule has 0 radical (unpaired) electrons. The molecular formula is C16H23N5S. The normalized spacial score (nSPS) is 15.6. The molecule has 3 rings (SSSR count). The van der Waals surface area contributed by atoms with Crippen LogP contribution < -0.4 is 9.80 Å². The van der Waals surface area contributed by atoms with Crippen molar-refractivity contribution in [2.45, 2.75) is 27.2 Å². The second-order valence-corrected chi connectivity index (χ2v) is 6.99. The second-order valence-electron chi connectivity index (χ2n) is 6.26. The van der Waals surface area contributed by atoms with Crippen LogP contribution in [0.3, 0.4) is 0 Å². The van der Waals surface area contributed by atoms with Crippen molar-refractivity contribution in [2.24, 2.45) is 5.92 Å². The Morgan fingerprint density at radius 2 is 1.91 bits per heavy atom. The van der Waals surface area contributed by atoms with Crippen LogP contribution in [0.2, 0.25) is 0 Å². The highest BCUT2D eigenvalue weighted by molar-refractivity contribution is 7.09. The Balaban J connectivity index is 1.60. The zero-order chi connectivity index (χ0) is 15.5. The molecule has 0 unspecified atom stereocenters. The minimum Gasteiger partial charge on any atom is -0.353 e. The zero-order valence-corrected chi connectivity index (χ0v) is 14.3. The summed E-state index contributed by atoms with van der Waals surface area (Å²) in [5.74, 6) is 2.67. The maximum atomic E-state index is 4.69. The van der Waals surface area contributed by atoms with Gasteiger partial charge < -0.3 is 9.80 Å². The first kappa shape index (κ1) is 15.2. The Kier molecular flexibility index (Phi) is 4.57. The third kappa shape index (κ3) is 3.55. The molecule has 0 spiro atoms. The molecule has 1 aliphatic rings. The summed E-state index contributed by atoms with van der Waals surface area (Å²) >= 11 is 1.53. The summed E-state index contributed by atoms with van der Waals surface area (Å²) < 4.78 is 4.48. The van der Waals surface area contributed by atoms with Gasteiger partial charge in [0.2, 0.25) is 5.13 Å². The maximum absolute atomic E-state index is 4.69. The SMILES string of the molecule is Cc1ccnc(N2CCN(c3nc(CC(C)C)ns3)CC2)c1. The number of hydrogen-bond donors (Lipinski definition) is 0. The summed E-state index contributed by atoms with van der Waals surface area (Å²) in [5.41, 5.74) is 1.26. The highest BCUT2D eigenvalue weighted by Gasteiger charge is 2.21. The lowest BCUT2D eigenvalue weighted by atomic mass is 10.1. The number of anilines is 2. The highest BCUT2D eigenvalue weighted by Crippen LogP contribution is 2.22. The summed E-state index contributed by atoms with van der Waals surface area (Å²) in [6, 6.07) is 4.19. The van der Waals surface area contributed by atoms with Gasteiger partial charge in [-0.1, -0.05) is 13.8 Å². The first-order chi connectivity index (χ1) is 10.6. The third-order valence-electron chi connectivity index (χ3n) is 3.82. The fourth-order valence-corrected chi connectivity index (χ4v) is 3.39. The molecule has 0 aliphatic carbocycles. The van der Waals surface area contributed by atoms with Gasteiger partial charge in [-0.2, -0.15) is 4.37 Å². The van der Waals surface area contributed by atoms with E-state index in [1.54, 1.807) is 0 Å². The molecule has 1 saturated heterocycles. The average molecular weight is 317 g/mol. The largest absolute Gasteiger partial charge is 0.353 e. The molecule has 0 N–H and O–H groups in total. The van der Waals surface area contributed by atoms with Crippen LogP contribution in [0.1, 0.15) is 25.2 Å². The van der Waals surface area contributed by atoms with Gasteiger partial charge in [0.1, 0.15) is 11.6 Å². The van der Waals surface area contributed by atoms with E-state index >= 15 is 0 Å². The number of pyridine rings is 1. The van der Waals surface area contributed by atoms with Crippen molar-refractivity contribution < 1.29 is 0 Å². The van der Waals surface area contributed by atoms with Gasteiger partial charge >= 0.3 is 0 Å². The van der Waals surface area contributed by atoms with Crippen molar-refractivity contribution in [1.29, 1.82) is 0 Å². The van der Waals surface area contributed by atoms with Crippen LogP contribution in [0, 0.1) is 12.8 Å². The molecule has 6 heteroatoms. The Bertz CT molecular complexity index is 617. The quantitative estimate of drug-likeness (QED) is 0.867. The molecule has 3 heterocycles. The van der Waals surface area contributed by atoms with Crippen molar-refractivity contribution in [1.82, 2.24) is 14.3 Å². The summed E-state index contributed by atoms with van der Waals surface area (Å²) in [5, 5.41) is 1.06. The molecular weight excluding hydrogens is 294 g/mol. The lowest BCUT2D eigenvalue weighted by Crippen LogP contribution is -2.46. The van der Waals surface area contributed by atoms with E-state index < -0.39 is 0 Å². The average Bonchev–Trinajstić information content (AvgIpc) is 2.95. The number of nitrogens with zero attached hydrogens (tertiary/aromatic N) is 5. The topological polar surface area (TPSA) is 45.2 Å². The van der Waals surface area contributed by atoms with E-state index in [4.69, 9.17) is 0 Å². The number of aromatic nitrogens is 3. The van der Waals surface area contributed by atoms with Gasteiger partial charge in [0.05, 0.1) is 0 Å². The summed E-state index contributed by atoms with van der Waals surface area (Å²) in [7, 11) is 0. The molecule has 1 fully saturated rings. The van der Waals surface area contributed by atoms with Gasteiger partial charge in [0.15, 0.2) is 0 Å². The zero-order valence-electron chi connectivity index (χ0n) is 13.5. The molecule has 0 saturated carbocycles. The van der Waals surface area contributed by atoms with E-state index in [9.17, 15) is 0 Å². The number of piperazine rings is 1. The van der Waals surface area contributed by atoms with E-state index in [1.807, 2.05) is 12.3 Å². The smallest absolute Gasteiger partial charge is 0.205 e. The van der Waals surface area contributed by atoms with Crippen LogP contribution >= 0.6 is 11.5 Å². The molecule has 0 amide bonds. The minimum absolute atomic E-state index is 0.603. The van der Waals surface area contributed by atoms with E-state index in [0.29, 0.717) is 5.92 Å². The van der Waals surface area contributed by atoms with Gasteiger partial charge in [-0.25, -0.2) is 9.97 Å². The molecule has 5 nitrogen and oxygen atoms in total. The molecule has 0 aromatic carbocycles. The molecule has 2 aromatic heterocycles. The van der Waals surface area contributed by atoms with E-state index in [1.165, 1.54) is 17.1 Å². The monoisotopic (exact) mass is 317 g/mol. The predicted molar refractivity (Wildman–Crippen MR) is 91.9 cm³/mol. The molecule has 0 atom stereocenters. The second kappa shape index (κ2) is 6.60. The molecule has 22 heavy (non-hydrogen) atoms. The van der Waals surface area contributed by atoms with Crippen LogP contribution in [0.5, 0.6) is 0 Å². The summed E-state index contributed by atoms with van der Waals surface area (Å²) in [4.78, 5) is 13.9. The minimum atomic E-state index is 0.603. The molecule has 0 bridgehead atoms. The molecule has 1 aliphatic heterocycles. The first-order valence-corrected chi connectivity index (χ1v) is 8.64. The Morgan fingerprint density at radius 1 is 1.18 bits per heavy atom. The molecule has 118 valence electrons. The summed E-state index contributed by atoms with van der Waals surface area (Å²) in [6.07, 6.45) is 2.85. The lowest BCUT2D eigenvalue weighted by Gasteiger charge is -2.35. The Labute approximate surface area is 136 Å². The van der Waals surface area contributed by atoms with Crippen LogP contribution in [0.25, 0.3) is 0 Å². The van der Waals surface area contributed by atoms with Crippen molar-refractivity contribution in [3.05, 3.63) is 29.7 Å². The van der Waals surface area contributed by atoms with E-state index in [0.717, 1.165) is 49.4 Å². The number of hydrogen-bond acceptors (Lipinski definition) is 6. The van der Waals surface area contributed by atoms with Gasteiger partial charge in [-0.05, 0) is 30.5 Å². The van der Waals surface area contributed by atoms with E-state index in [-0.39, 0.29) is 0 Å². The van der Waals surface area contributed by atoms with Gasteiger partial charge in [0.25, 0.3) is 0 Å². The van der Waals surface area contributed by atoms with E-state index in [2.05, 4.69) is 51.0 Å². The highest BCUT2D eigenvalue weighted by atomic mass is 32.1. The van der Waals surface area contributed by atoms with Gasteiger partial charge in [-0.15, -0.1) is 0 Å². The van der Waals surface area contributed by atoms with Gasteiger partial charge in [0, 0.05) is 50.3 Å².